The second kappa shape index (κ2) is 6.49. The van der Waals surface area contributed by atoms with Crippen molar-refractivity contribution in [3.63, 3.8) is 0 Å². The van der Waals surface area contributed by atoms with E-state index in [1.807, 2.05) is 34.7 Å². The minimum Gasteiger partial charge on any atom is -0.359 e. The predicted octanol–water partition coefficient (Wildman–Crippen LogP) is 4.07. The van der Waals surface area contributed by atoms with Crippen LogP contribution in [0.25, 0.3) is 9.88 Å². The van der Waals surface area contributed by atoms with Crippen molar-refractivity contribution in [2.75, 3.05) is 6.54 Å². The highest BCUT2D eigenvalue weighted by molar-refractivity contribution is 7.20. The Bertz CT molecular complexity index is 838. The van der Waals surface area contributed by atoms with E-state index in [2.05, 4.69) is 16.2 Å². The van der Waals surface area contributed by atoms with Gasteiger partial charge in [-0.1, -0.05) is 11.2 Å². The van der Waals surface area contributed by atoms with Crippen molar-refractivity contribution in [2.45, 2.75) is 32.2 Å². The number of likely N-dealkylation sites (tertiary alicyclic amines) is 1. The van der Waals surface area contributed by atoms with Crippen LogP contribution in [0.3, 0.4) is 0 Å². The number of carbonyl (C=O) groups excluding carboxylic acids is 1. The number of rotatable bonds is 4. The molecule has 4 heterocycles. The molecular weight excluding hydrogens is 342 g/mol. The largest absolute Gasteiger partial charge is 0.359 e. The van der Waals surface area contributed by atoms with Crippen molar-refractivity contribution < 1.29 is 9.32 Å². The van der Waals surface area contributed by atoms with Crippen molar-refractivity contribution in [3.8, 4) is 9.88 Å². The molecule has 7 heteroatoms. The first-order chi connectivity index (χ1) is 11.7. The average molecular weight is 359 g/mol. The molecule has 1 aliphatic rings. The lowest BCUT2D eigenvalue weighted by molar-refractivity contribution is -0.131. The van der Waals surface area contributed by atoms with Crippen molar-refractivity contribution in [1.82, 2.24) is 15.0 Å². The maximum absolute atomic E-state index is 12.7. The Morgan fingerprint density at radius 2 is 2.38 bits per heavy atom. The summed E-state index contributed by atoms with van der Waals surface area (Å²) in [6.07, 6.45) is 2.26. The van der Waals surface area contributed by atoms with E-state index in [9.17, 15) is 4.79 Å². The summed E-state index contributed by atoms with van der Waals surface area (Å²) in [5.74, 6) is 0.894. The molecule has 0 aromatic carbocycles. The van der Waals surface area contributed by atoms with E-state index >= 15 is 0 Å². The summed E-state index contributed by atoms with van der Waals surface area (Å²) in [6.45, 7) is 2.67. The Morgan fingerprint density at radius 1 is 1.46 bits per heavy atom. The van der Waals surface area contributed by atoms with Crippen LogP contribution in [0.5, 0.6) is 0 Å². The molecule has 1 atom stereocenters. The molecule has 1 saturated heterocycles. The Kier molecular flexibility index (Phi) is 4.20. The van der Waals surface area contributed by atoms with E-state index in [0.717, 1.165) is 46.4 Å². The van der Waals surface area contributed by atoms with Crippen LogP contribution in [0.1, 0.15) is 36.0 Å². The summed E-state index contributed by atoms with van der Waals surface area (Å²) in [4.78, 5) is 20.4. The number of carbonyl (C=O) groups is 1. The minimum atomic E-state index is 0.00843. The van der Waals surface area contributed by atoms with Gasteiger partial charge in [0.2, 0.25) is 5.91 Å². The molecule has 24 heavy (non-hydrogen) atoms. The fraction of sp³-hybridized carbons (Fsp3) is 0.353. The summed E-state index contributed by atoms with van der Waals surface area (Å²) < 4.78 is 5.38. The molecule has 0 aliphatic carbocycles. The van der Waals surface area contributed by atoms with E-state index in [0.29, 0.717) is 6.42 Å². The zero-order chi connectivity index (χ0) is 16.5. The van der Waals surface area contributed by atoms with Crippen molar-refractivity contribution in [3.05, 3.63) is 46.1 Å². The molecule has 4 rings (SSSR count). The third-order valence-electron chi connectivity index (χ3n) is 4.16. The van der Waals surface area contributed by atoms with Crippen LogP contribution in [-0.2, 0) is 11.2 Å². The molecular formula is C17H17N3O2S2. The number of amides is 1. The van der Waals surface area contributed by atoms with Crippen LogP contribution < -0.4 is 0 Å². The molecule has 0 radical (unpaired) electrons. The average Bonchev–Trinajstić information content (AvgIpc) is 3.34. The number of thiophene rings is 1. The molecule has 3 aromatic rings. The molecule has 1 aliphatic heterocycles. The van der Waals surface area contributed by atoms with E-state index in [1.165, 1.54) is 0 Å². The van der Waals surface area contributed by atoms with Gasteiger partial charge < -0.3 is 9.42 Å². The standard InChI is InChI=1S/C17H17N3O2S2/c1-11-8-14(22-19-11)13-4-2-6-20(13)16(21)9-12-10-24-17(18-12)15-5-3-7-23-15/h3,5,7-8,10,13H,2,4,6,9H2,1H3/t13-/m0/s1. The fourth-order valence-corrected chi connectivity index (χ4v) is 4.69. The summed E-state index contributed by atoms with van der Waals surface area (Å²) >= 11 is 3.26. The van der Waals surface area contributed by atoms with Gasteiger partial charge in [0.1, 0.15) is 5.01 Å². The number of nitrogens with zero attached hydrogens (tertiary/aromatic N) is 3. The quantitative estimate of drug-likeness (QED) is 0.704. The topological polar surface area (TPSA) is 59.2 Å². The third kappa shape index (κ3) is 3.01. The first kappa shape index (κ1) is 15.5. The highest BCUT2D eigenvalue weighted by Crippen LogP contribution is 2.33. The van der Waals surface area contributed by atoms with Crippen LogP contribution >= 0.6 is 22.7 Å². The molecule has 5 nitrogen and oxygen atoms in total. The number of hydrogen-bond acceptors (Lipinski definition) is 6. The Morgan fingerprint density at radius 3 is 3.12 bits per heavy atom. The van der Waals surface area contributed by atoms with E-state index in [4.69, 9.17) is 4.52 Å². The van der Waals surface area contributed by atoms with E-state index in [-0.39, 0.29) is 11.9 Å². The zero-order valence-corrected chi connectivity index (χ0v) is 14.9. The fourth-order valence-electron chi connectivity index (χ4n) is 3.06. The molecule has 0 spiro atoms. The maximum Gasteiger partial charge on any atom is 0.229 e. The van der Waals surface area contributed by atoms with Gasteiger partial charge in [0.05, 0.1) is 28.7 Å². The van der Waals surface area contributed by atoms with Gasteiger partial charge in [-0.3, -0.25) is 4.79 Å². The van der Waals surface area contributed by atoms with Gasteiger partial charge >= 0.3 is 0 Å². The van der Waals surface area contributed by atoms with E-state index in [1.54, 1.807) is 22.7 Å². The number of aryl methyl sites for hydroxylation is 1. The van der Waals surface area contributed by atoms with Crippen LogP contribution in [0.2, 0.25) is 0 Å². The molecule has 0 N–H and O–H groups in total. The summed E-state index contributed by atoms with van der Waals surface area (Å²) in [5.41, 5.74) is 1.69. The summed E-state index contributed by atoms with van der Waals surface area (Å²) in [6, 6.07) is 6.00. The van der Waals surface area contributed by atoms with Gasteiger partial charge in [0.25, 0.3) is 0 Å². The highest BCUT2D eigenvalue weighted by Gasteiger charge is 2.32. The molecule has 0 bridgehead atoms. The third-order valence-corrected chi connectivity index (χ3v) is 6.09. The maximum atomic E-state index is 12.7. The molecule has 0 saturated carbocycles. The van der Waals surface area contributed by atoms with Crippen LogP contribution in [-0.4, -0.2) is 27.5 Å². The lowest BCUT2D eigenvalue weighted by Crippen LogP contribution is -2.31. The first-order valence-electron chi connectivity index (χ1n) is 7.91. The SMILES string of the molecule is Cc1cc([C@@H]2CCCN2C(=O)Cc2csc(-c3cccs3)n2)on1. The molecule has 1 fully saturated rings. The Labute approximate surface area is 147 Å². The second-order valence-electron chi connectivity index (χ2n) is 5.91. The van der Waals surface area contributed by atoms with Gasteiger partial charge in [-0.2, -0.15) is 0 Å². The van der Waals surface area contributed by atoms with Crippen LogP contribution in [0.15, 0.2) is 33.5 Å². The van der Waals surface area contributed by atoms with Gasteiger partial charge in [0.15, 0.2) is 5.76 Å². The van der Waals surface area contributed by atoms with Crippen LogP contribution in [0.4, 0.5) is 0 Å². The number of thiazole rings is 1. The van der Waals surface area contributed by atoms with Gasteiger partial charge in [-0.15, -0.1) is 22.7 Å². The van der Waals surface area contributed by atoms with Crippen molar-refractivity contribution in [1.29, 1.82) is 0 Å². The summed E-state index contributed by atoms with van der Waals surface area (Å²) in [7, 11) is 0. The second-order valence-corrected chi connectivity index (χ2v) is 7.72. The highest BCUT2D eigenvalue weighted by atomic mass is 32.1. The minimum absolute atomic E-state index is 0.00843. The lowest BCUT2D eigenvalue weighted by Gasteiger charge is -2.22. The van der Waals surface area contributed by atoms with E-state index < -0.39 is 0 Å². The monoisotopic (exact) mass is 359 g/mol. The van der Waals surface area contributed by atoms with Crippen molar-refractivity contribution >= 4 is 28.6 Å². The normalized spacial score (nSPS) is 17.5. The molecule has 3 aromatic heterocycles. The number of aromatic nitrogens is 2. The van der Waals surface area contributed by atoms with Gasteiger partial charge in [-0.05, 0) is 31.2 Å². The zero-order valence-electron chi connectivity index (χ0n) is 13.3. The smallest absolute Gasteiger partial charge is 0.229 e. The van der Waals surface area contributed by atoms with Crippen molar-refractivity contribution in [2.24, 2.45) is 0 Å². The van der Waals surface area contributed by atoms with Gasteiger partial charge in [-0.25, -0.2) is 4.98 Å². The summed E-state index contributed by atoms with van der Waals surface area (Å²) in [5, 5.41) is 8.95. The van der Waals surface area contributed by atoms with Crippen LogP contribution in [0, 0.1) is 6.92 Å². The molecule has 124 valence electrons. The first-order valence-corrected chi connectivity index (χ1v) is 9.67. The van der Waals surface area contributed by atoms with Gasteiger partial charge in [0, 0.05) is 18.0 Å². The predicted molar refractivity (Wildman–Crippen MR) is 94.1 cm³/mol. The molecule has 1 amide bonds. The number of hydrogen-bond donors (Lipinski definition) is 0. The lowest BCUT2D eigenvalue weighted by atomic mass is 10.1. The Hall–Kier alpha value is -1.99. The molecule has 0 unspecified atom stereocenters. The Balaban J connectivity index is 1.47.